The first-order chi connectivity index (χ1) is 13.2. The Kier molecular flexibility index (Phi) is 4.33. The van der Waals surface area contributed by atoms with Crippen LogP contribution in [-0.4, -0.2) is 33.3 Å². The Balaban J connectivity index is 1.87. The number of hydrogen-bond acceptors (Lipinski definition) is 5. The number of imidazole rings is 1. The van der Waals surface area contributed by atoms with Gasteiger partial charge in [-0.15, -0.1) is 0 Å². The Labute approximate surface area is 155 Å². The molecule has 27 heavy (non-hydrogen) atoms. The van der Waals surface area contributed by atoms with Gasteiger partial charge in [-0.2, -0.15) is 0 Å². The van der Waals surface area contributed by atoms with Crippen LogP contribution in [0.1, 0.15) is 5.56 Å². The molecule has 0 aliphatic heterocycles. The molecule has 4 aromatic rings. The van der Waals surface area contributed by atoms with Crippen molar-refractivity contribution in [2.75, 3.05) is 14.2 Å². The van der Waals surface area contributed by atoms with Crippen LogP contribution in [-0.2, 0) is 6.54 Å². The van der Waals surface area contributed by atoms with Gasteiger partial charge in [0, 0.05) is 18.5 Å². The fraction of sp³-hybridized carbons (Fsp3) is 0.150. The third kappa shape index (κ3) is 3.03. The lowest BCUT2D eigenvalue weighted by atomic mass is 10.2. The van der Waals surface area contributed by atoms with E-state index >= 15 is 0 Å². The molecule has 0 saturated carbocycles. The number of nitrogens with zero attached hydrogens (tertiary/aromatic N) is 4. The van der Waals surface area contributed by atoms with Gasteiger partial charge in [0.25, 0.3) is 5.56 Å². The Morgan fingerprint density at radius 2 is 1.85 bits per heavy atom. The molecule has 0 radical (unpaired) electrons. The normalized spacial score (nSPS) is 10.9. The van der Waals surface area contributed by atoms with Crippen molar-refractivity contribution in [3.05, 3.63) is 76.8 Å². The van der Waals surface area contributed by atoms with E-state index in [1.807, 2.05) is 34.9 Å². The fourth-order valence-electron chi connectivity index (χ4n) is 3.03. The molecule has 1 aromatic carbocycles. The van der Waals surface area contributed by atoms with Gasteiger partial charge in [0.1, 0.15) is 5.52 Å². The molecule has 4 rings (SSSR count). The predicted molar refractivity (Wildman–Crippen MR) is 102 cm³/mol. The molecule has 0 bridgehead atoms. The zero-order valence-electron chi connectivity index (χ0n) is 15.0. The van der Waals surface area contributed by atoms with Crippen LogP contribution in [0.15, 0.2) is 65.7 Å². The molecule has 3 aromatic heterocycles. The zero-order chi connectivity index (χ0) is 18.8. The first-order valence-corrected chi connectivity index (χ1v) is 8.41. The Hall–Kier alpha value is -3.61. The molecule has 7 nitrogen and oxygen atoms in total. The smallest absolute Gasteiger partial charge is 0.257 e. The van der Waals surface area contributed by atoms with Crippen LogP contribution in [0, 0.1) is 0 Å². The van der Waals surface area contributed by atoms with Gasteiger partial charge >= 0.3 is 0 Å². The number of ether oxygens (including phenoxy) is 2. The van der Waals surface area contributed by atoms with Crippen LogP contribution in [0.25, 0.3) is 17.1 Å². The van der Waals surface area contributed by atoms with Crippen molar-refractivity contribution in [1.82, 2.24) is 19.1 Å². The maximum absolute atomic E-state index is 12.3. The molecular formula is C20H18N4O3. The maximum Gasteiger partial charge on any atom is 0.257 e. The molecule has 3 heterocycles. The van der Waals surface area contributed by atoms with Crippen LogP contribution in [0.5, 0.6) is 11.5 Å². The summed E-state index contributed by atoms with van der Waals surface area (Å²) in [6.07, 6.45) is 3.42. The summed E-state index contributed by atoms with van der Waals surface area (Å²) in [5, 5.41) is 0. The number of pyridine rings is 2. The van der Waals surface area contributed by atoms with Crippen LogP contribution >= 0.6 is 0 Å². The largest absolute Gasteiger partial charge is 0.493 e. The minimum absolute atomic E-state index is 0.152. The molecule has 0 N–H and O–H groups in total. The predicted octanol–water partition coefficient (Wildman–Crippen LogP) is 2.65. The van der Waals surface area contributed by atoms with Gasteiger partial charge in [-0.3, -0.25) is 13.9 Å². The SMILES string of the molecule is COc1ccc(Cn2c(-n3ccccc3=O)nc3cccnc32)cc1OC. The van der Waals surface area contributed by atoms with Crippen molar-refractivity contribution in [3.8, 4) is 17.4 Å². The molecule has 0 spiro atoms. The Bertz CT molecular complexity index is 1160. The van der Waals surface area contributed by atoms with Crippen LogP contribution in [0.2, 0.25) is 0 Å². The van der Waals surface area contributed by atoms with E-state index in [1.54, 1.807) is 38.7 Å². The Morgan fingerprint density at radius 1 is 1.00 bits per heavy atom. The minimum atomic E-state index is -0.152. The molecule has 0 unspecified atom stereocenters. The summed E-state index contributed by atoms with van der Waals surface area (Å²) >= 11 is 0. The van der Waals surface area contributed by atoms with Gasteiger partial charge < -0.3 is 9.47 Å². The lowest BCUT2D eigenvalue weighted by Crippen LogP contribution is -2.20. The van der Waals surface area contributed by atoms with Crippen molar-refractivity contribution in [1.29, 1.82) is 0 Å². The van der Waals surface area contributed by atoms with Gasteiger partial charge in [0.15, 0.2) is 17.1 Å². The first kappa shape index (κ1) is 16.8. The molecule has 0 aliphatic rings. The number of hydrogen-bond donors (Lipinski definition) is 0. The van der Waals surface area contributed by atoms with Gasteiger partial charge in [0.2, 0.25) is 5.95 Å². The summed E-state index contributed by atoms with van der Waals surface area (Å²) in [5.74, 6) is 1.82. The van der Waals surface area contributed by atoms with Crippen molar-refractivity contribution in [2.45, 2.75) is 6.54 Å². The van der Waals surface area contributed by atoms with Gasteiger partial charge in [0.05, 0.1) is 20.8 Å². The highest BCUT2D eigenvalue weighted by molar-refractivity contribution is 5.73. The highest BCUT2D eigenvalue weighted by atomic mass is 16.5. The lowest BCUT2D eigenvalue weighted by Gasteiger charge is -2.12. The third-order valence-electron chi connectivity index (χ3n) is 4.31. The van der Waals surface area contributed by atoms with Gasteiger partial charge in [-0.05, 0) is 35.9 Å². The summed E-state index contributed by atoms with van der Waals surface area (Å²) < 4.78 is 14.1. The quantitative estimate of drug-likeness (QED) is 0.546. The maximum atomic E-state index is 12.3. The molecule has 0 amide bonds. The molecule has 136 valence electrons. The van der Waals surface area contributed by atoms with Crippen LogP contribution in [0.3, 0.4) is 0 Å². The summed E-state index contributed by atoms with van der Waals surface area (Å²) in [7, 11) is 3.20. The monoisotopic (exact) mass is 362 g/mol. The van der Waals surface area contributed by atoms with E-state index < -0.39 is 0 Å². The van der Waals surface area contributed by atoms with Gasteiger partial charge in [-0.1, -0.05) is 12.1 Å². The van der Waals surface area contributed by atoms with Crippen LogP contribution in [0.4, 0.5) is 0 Å². The first-order valence-electron chi connectivity index (χ1n) is 8.41. The van der Waals surface area contributed by atoms with E-state index in [2.05, 4.69) is 9.97 Å². The second-order valence-electron chi connectivity index (χ2n) is 5.94. The number of benzene rings is 1. The van der Waals surface area contributed by atoms with Crippen molar-refractivity contribution in [2.24, 2.45) is 0 Å². The molecule has 0 atom stereocenters. The van der Waals surface area contributed by atoms with Crippen LogP contribution < -0.4 is 15.0 Å². The zero-order valence-corrected chi connectivity index (χ0v) is 15.0. The van der Waals surface area contributed by atoms with Crippen molar-refractivity contribution >= 4 is 11.2 Å². The fourth-order valence-corrected chi connectivity index (χ4v) is 3.03. The molecule has 7 heteroatoms. The highest BCUT2D eigenvalue weighted by Gasteiger charge is 2.15. The summed E-state index contributed by atoms with van der Waals surface area (Å²) in [6, 6.07) is 14.4. The van der Waals surface area contributed by atoms with E-state index in [9.17, 15) is 4.79 Å². The van der Waals surface area contributed by atoms with E-state index in [0.717, 1.165) is 11.1 Å². The number of aromatic nitrogens is 4. The molecular weight excluding hydrogens is 344 g/mol. The van der Waals surface area contributed by atoms with Crippen molar-refractivity contribution < 1.29 is 9.47 Å². The summed E-state index contributed by atoms with van der Waals surface area (Å²) in [6.45, 7) is 0.477. The van der Waals surface area contributed by atoms with E-state index in [1.165, 1.54) is 10.6 Å². The summed E-state index contributed by atoms with van der Waals surface area (Å²) in [4.78, 5) is 21.4. The molecule has 0 fully saturated rings. The average Bonchev–Trinajstić information content (AvgIpc) is 3.06. The van der Waals surface area contributed by atoms with E-state index in [-0.39, 0.29) is 5.56 Å². The summed E-state index contributed by atoms with van der Waals surface area (Å²) in [5.41, 5.74) is 2.26. The van der Waals surface area contributed by atoms with Crippen molar-refractivity contribution in [3.63, 3.8) is 0 Å². The number of rotatable bonds is 5. The molecule has 0 aliphatic carbocycles. The minimum Gasteiger partial charge on any atom is -0.493 e. The topological polar surface area (TPSA) is 71.2 Å². The standard InChI is InChI=1S/C20H18N4O3/c1-26-16-9-8-14(12-17(16)27-2)13-24-19-15(6-5-10-21-19)22-20(24)23-11-4-3-7-18(23)25/h3-12H,13H2,1-2H3. The average molecular weight is 362 g/mol. The third-order valence-corrected chi connectivity index (χ3v) is 4.31. The Morgan fingerprint density at radius 3 is 2.63 bits per heavy atom. The number of methoxy groups -OCH3 is 2. The van der Waals surface area contributed by atoms with Gasteiger partial charge in [-0.25, -0.2) is 9.97 Å². The number of fused-ring (bicyclic) bond motifs is 1. The van der Waals surface area contributed by atoms with E-state index in [4.69, 9.17) is 9.47 Å². The van der Waals surface area contributed by atoms with E-state index in [0.29, 0.717) is 29.6 Å². The lowest BCUT2D eigenvalue weighted by molar-refractivity contribution is 0.354. The highest BCUT2D eigenvalue weighted by Crippen LogP contribution is 2.28. The second kappa shape index (κ2) is 6.95. The second-order valence-corrected chi connectivity index (χ2v) is 5.94. The molecule has 0 saturated heterocycles.